The number of hydrogen-bond acceptors (Lipinski definition) is 6. The minimum Gasteiger partial charge on any atom is -0.481 e. The number of nitrogens with one attached hydrogen (secondary N) is 1. The zero-order valence-electron chi connectivity index (χ0n) is 26.7. The van der Waals surface area contributed by atoms with Crippen molar-refractivity contribution in [3.63, 3.8) is 0 Å². The molecule has 15 heteroatoms. The fourth-order valence-corrected chi connectivity index (χ4v) is 7.89. The lowest BCUT2D eigenvalue weighted by molar-refractivity contribution is -0.153. The number of amides is 1. The van der Waals surface area contributed by atoms with E-state index in [2.05, 4.69) is 10.3 Å². The van der Waals surface area contributed by atoms with E-state index in [0.717, 1.165) is 17.4 Å². The van der Waals surface area contributed by atoms with Crippen molar-refractivity contribution in [3.05, 3.63) is 77.0 Å². The van der Waals surface area contributed by atoms with Gasteiger partial charge < -0.3 is 19.7 Å². The Balaban J connectivity index is 1.40. The monoisotopic (exact) mass is 692 g/mol. The van der Waals surface area contributed by atoms with Gasteiger partial charge in [-0.2, -0.15) is 13.2 Å². The molecule has 0 spiro atoms. The number of rotatable bonds is 9. The number of aryl methyl sites for hydroxylation is 2. The van der Waals surface area contributed by atoms with E-state index in [1.54, 1.807) is 25.1 Å². The number of carbonyl (C=O) groups excluding carboxylic acids is 1. The molecule has 5 rings (SSSR count). The van der Waals surface area contributed by atoms with Gasteiger partial charge in [0, 0.05) is 26.4 Å². The molecule has 0 saturated heterocycles. The van der Waals surface area contributed by atoms with E-state index in [-0.39, 0.29) is 36.8 Å². The molecule has 1 amide bonds. The first-order valence-corrected chi connectivity index (χ1v) is 16.8. The highest BCUT2D eigenvalue weighted by atomic mass is 32.2. The molecule has 0 radical (unpaired) electrons. The van der Waals surface area contributed by atoms with Crippen LogP contribution in [0.25, 0.3) is 11.0 Å². The van der Waals surface area contributed by atoms with Gasteiger partial charge in [0.15, 0.2) is 0 Å². The van der Waals surface area contributed by atoms with Crippen LogP contribution < -0.4 is 5.32 Å². The van der Waals surface area contributed by atoms with Crippen LogP contribution in [0.2, 0.25) is 0 Å². The highest BCUT2D eigenvalue weighted by molar-refractivity contribution is 7.89. The van der Waals surface area contributed by atoms with E-state index in [1.807, 2.05) is 18.5 Å². The zero-order chi connectivity index (χ0) is 35.1. The van der Waals surface area contributed by atoms with Crippen LogP contribution in [0.4, 0.5) is 23.2 Å². The van der Waals surface area contributed by atoms with E-state index in [0.29, 0.717) is 29.3 Å². The van der Waals surface area contributed by atoms with Crippen molar-refractivity contribution in [1.82, 2.24) is 13.9 Å². The lowest BCUT2D eigenvalue weighted by atomic mass is 9.66. The Bertz CT molecular complexity index is 1920. The number of alkyl halides is 3. The molecule has 0 bridgehead atoms. The van der Waals surface area contributed by atoms with Gasteiger partial charge in [0.05, 0.1) is 45.1 Å². The lowest BCUT2D eigenvalue weighted by Crippen LogP contribution is -2.46. The molecule has 48 heavy (non-hydrogen) atoms. The predicted octanol–water partition coefficient (Wildman–Crippen LogP) is 6.04. The Kier molecular flexibility index (Phi) is 9.75. The molecule has 1 heterocycles. The number of aliphatic carboxylic acids is 1. The summed E-state index contributed by atoms with van der Waals surface area (Å²) < 4.78 is 89.7. The number of allylic oxidation sites excluding steroid dienone is 4. The summed E-state index contributed by atoms with van der Waals surface area (Å²) in [6.45, 7) is 3.86. The Morgan fingerprint density at radius 2 is 1.85 bits per heavy atom. The summed E-state index contributed by atoms with van der Waals surface area (Å²) in [5.74, 6) is -5.82. The third kappa shape index (κ3) is 6.83. The van der Waals surface area contributed by atoms with Crippen LogP contribution in [0.1, 0.15) is 44.0 Å². The number of fused-ring (bicyclic) bond motifs is 1. The fraction of sp³-hybridized carbons (Fsp3) is 0.424. The molecule has 2 aliphatic rings. The Hall–Kier alpha value is -4.24. The molecule has 258 valence electrons. The van der Waals surface area contributed by atoms with Crippen LogP contribution in [0.15, 0.2) is 64.7 Å². The first-order chi connectivity index (χ1) is 22.5. The number of ether oxygens (including phenoxy) is 1. The second-order valence-corrected chi connectivity index (χ2v) is 14.0. The van der Waals surface area contributed by atoms with Crippen molar-refractivity contribution < 1.29 is 45.4 Å². The zero-order valence-corrected chi connectivity index (χ0v) is 27.5. The van der Waals surface area contributed by atoms with Gasteiger partial charge in [0.25, 0.3) is 10.0 Å². The molecule has 0 aliphatic heterocycles. The topological polar surface area (TPSA) is 131 Å². The second-order valence-electron chi connectivity index (χ2n) is 12.0. The van der Waals surface area contributed by atoms with Gasteiger partial charge >= 0.3 is 12.1 Å². The number of carboxylic acid groups (broad SMARTS) is 1. The third-order valence-corrected chi connectivity index (χ3v) is 11.1. The summed E-state index contributed by atoms with van der Waals surface area (Å²) in [5.41, 5.74) is 0.774. The maximum absolute atomic E-state index is 14.6. The van der Waals surface area contributed by atoms with Crippen LogP contribution in [0.3, 0.4) is 0 Å². The molecule has 1 saturated carbocycles. The van der Waals surface area contributed by atoms with E-state index < -0.39 is 69.0 Å². The van der Waals surface area contributed by atoms with Gasteiger partial charge in [-0.1, -0.05) is 11.6 Å². The van der Waals surface area contributed by atoms with Crippen molar-refractivity contribution in [3.8, 4) is 0 Å². The van der Waals surface area contributed by atoms with Gasteiger partial charge in [-0.15, -0.1) is 0 Å². The van der Waals surface area contributed by atoms with Gasteiger partial charge in [-0.25, -0.2) is 17.8 Å². The van der Waals surface area contributed by atoms with Crippen LogP contribution >= 0.6 is 0 Å². The average molecular weight is 693 g/mol. The fourth-order valence-electron chi connectivity index (χ4n) is 6.61. The van der Waals surface area contributed by atoms with Crippen LogP contribution in [0.5, 0.6) is 0 Å². The molecule has 0 unspecified atom stereocenters. The van der Waals surface area contributed by atoms with Gasteiger partial charge in [-0.05, 0) is 87.9 Å². The minimum absolute atomic E-state index is 0.00485. The predicted molar refractivity (Wildman–Crippen MR) is 169 cm³/mol. The number of benzene rings is 2. The largest absolute Gasteiger partial charge is 0.481 e. The molecular formula is C33H36F4N4O6S. The number of halogens is 4. The SMILES string of the molecule is CCO[C@@H]1C[C@H](C2=CC=C(N(C)S(=O)(=O)c3ccc4c(c3)nc(C)n4C)CC2)[C@@H](C(=O)O)[C@H](C(=O)Nc2ccc(C(F)(F)F)cc2F)C1. The van der Waals surface area contributed by atoms with Crippen LogP contribution in [0, 0.1) is 30.5 Å². The Morgan fingerprint density at radius 1 is 1.12 bits per heavy atom. The number of nitrogens with zero attached hydrogens (tertiary/aromatic N) is 3. The minimum atomic E-state index is -4.78. The first-order valence-electron chi connectivity index (χ1n) is 15.4. The van der Waals surface area contributed by atoms with Gasteiger partial charge in [0.2, 0.25) is 5.91 Å². The standard InChI is InChI=1S/C33H36F4N4O6S/c1-5-47-22-15-24(30(32(43)44)25(16-22)31(42)39-27-12-8-20(14-26(27)34)33(35,36)37)19-6-9-21(10-7-19)41(4)48(45,46)23-11-13-29-28(17-23)38-18(2)40(29)3/h6,8-9,11-14,17,22,24-25,30H,5,7,10,15-16H2,1-4H3,(H,39,42)(H,43,44)/t22-,24-,25-,30-/m1/s1. The van der Waals surface area contributed by atoms with Crippen molar-refractivity contribution >= 4 is 38.6 Å². The second kappa shape index (κ2) is 13.3. The van der Waals surface area contributed by atoms with Crippen LogP contribution in [-0.2, 0) is 37.6 Å². The summed E-state index contributed by atoms with van der Waals surface area (Å²) >= 11 is 0. The number of imidazole rings is 1. The van der Waals surface area contributed by atoms with E-state index >= 15 is 0 Å². The van der Waals surface area contributed by atoms with Gasteiger partial charge in [-0.3, -0.25) is 13.9 Å². The molecule has 2 N–H and O–H groups in total. The molecule has 4 atom stereocenters. The summed E-state index contributed by atoms with van der Waals surface area (Å²) in [6, 6.07) is 6.44. The number of carboxylic acids is 1. The van der Waals surface area contributed by atoms with Crippen LogP contribution in [-0.4, -0.2) is 59.0 Å². The normalized spacial score (nSPS) is 21.8. The van der Waals surface area contributed by atoms with E-state index in [4.69, 9.17) is 4.74 Å². The lowest BCUT2D eigenvalue weighted by Gasteiger charge is -2.41. The quantitative estimate of drug-likeness (QED) is 0.262. The number of carbonyl (C=O) groups is 2. The van der Waals surface area contributed by atoms with Crippen molar-refractivity contribution in [2.45, 2.75) is 56.7 Å². The maximum Gasteiger partial charge on any atom is 0.416 e. The molecule has 2 aliphatic carbocycles. The van der Waals surface area contributed by atoms with Crippen molar-refractivity contribution in [2.75, 3.05) is 19.0 Å². The van der Waals surface area contributed by atoms with Gasteiger partial charge in [0.1, 0.15) is 11.6 Å². The number of aromatic nitrogens is 2. The average Bonchev–Trinajstić information content (AvgIpc) is 3.32. The maximum atomic E-state index is 14.6. The summed E-state index contributed by atoms with van der Waals surface area (Å²) in [5, 5.41) is 12.6. The Morgan fingerprint density at radius 3 is 2.46 bits per heavy atom. The van der Waals surface area contributed by atoms with E-state index in [9.17, 15) is 40.7 Å². The molecule has 3 aromatic rings. The number of anilines is 1. The highest BCUT2D eigenvalue weighted by Crippen LogP contribution is 2.44. The third-order valence-electron chi connectivity index (χ3n) is 9.25. The highest BCUT2D eigenvalue weighted by Gasteiger charge is 2.47. The summed E-state index contributed by atoms with van der Waals surface area (Å²) in [7, 11) is -0.669. The number of hydrogen-bond donors (Lipinski definition) is 2. The molecule has 1 fully saturated rings. The first kappa shape index (κ1) is 35.1. The summed E-state index contributed by atoms with van der Waals surface area (Å²) in [4.78, 5) is 30.6. The molecule has 2 aromatic carbocycles. The Labute approximate surface area is 275 Å². The van der Waals surface area contributed by atoms with Crippen molar-refractivity contribution in [1.29, 1.82) is 0 Å². The molecular weight excluding hydrogens is 656 g/mol. The van der Waals surface area contributed by atoms with E-state index in [1.165, 1.54) is 23.5 Å². The molecule has 1 aromatic heterocycles. The smallest absolute Gasteiger partial charge is 0.416 e. The van der Waals surface area contributed by atoms with Crippen molar-refractivity contribution in [2.24, 2.45) is 24.8 Å². The summed E-state index contributed by atoms with van der Waals surface area (Å²) in [6.07, 6.45) is -1.16. The molecule has 10 nitrogen and oxygen atoms in total. The number of sulfonamides is 1.